The van der Waals surface area contributed by atoms with Crippen LogP contribution >= 0.6 is 35.6 Å². The number of benzene rings is 1. The smallest absolute Gasteiger partial charge is 0.123 e. The van der Waals surface area contributed by atoms with Crippen molar-refractivity contribution in [2.75, 3.05) is 6.54 Å². The molecule has 1 aromatic carbocycles. The quantitative estimate of drug-likeness (QED) is 0.816. The lowest BCUT2D eigenvalue weighted by Crippen LogP contribution is -2.13. The van der Waals surface area contributed by atoms with Crippen molar-refractivity contribution in [3.05, 3.63) is 27.7 Å². The van der Waals surface area contributed by atoms with Crippen LogP contribution in [0.4, 0.5) is 0 Å². The second-order valence-electron chi connectivity index (χ2n) is 3.47. The highest BCUT2D eigenvalue weighted by Gasteiger charge is 2.22. The van der Waals surface area contributed by atoms with Crippen LogP contribution in [0, 0.1) is 0 Å². The maximum absolute atomic E-state index is 9.72. The Morgan fingerprint density at radius 3 is 2.60 bits per heavy atom. The lowest BCUT2D eigenvalue weighted by molar-refractivity contribution is 0.457. The minimum absolute atomic E-state index is 0. The maximum atomic E-state index is 9.72. The first-order valence-electron chi connectivity index (χ1n) is 4.60. The Morgan fingerprint density at radius 2 is 2.07 bits per heavy atom. The first kappa shape index (κ1) is 12.9. The number of phenols is 1. The van der Waals surface area contributed by atoms with Gasteiger partial charge in [-0.05, 0) is 31.5 Å². The van der Waals surface area contributed by atoms with Gasteiger partial charge in [-0.3, -0.25) is 0 Å². The Balaban J connectivity index is 0.00000112. The maximum Gasteiger partial charge on any atom is 0.123 e. The van der Waals surface area contributed by atoms with Crippen LogP contribution in [0.3, 0.4) is 0 Å². The molecule has 1 aromatic rings. The van der Waals surface area contributed by atoms with E-state index in [-0.39, 0.29) is 24.2 Å². The molecule has 15 heavy (non-hydrogen) atoms. The SMILES string of the molecule is Cl.Oc1cc(Cl)cc(Cl)c1[C@@H]1CCCN1. The van der Waals surface area contributed by atoms with Gasteiger partial charge in [0.25, 0.3) is 0 Å². The van der Waals surface area contributed by atoms with Crippen LogP contribution in [-0.4, -0.2) is 11.7 Å². The van der Waals surface area contributed by atoms with Gasteiger partial charge in [0.15, 0.2) is 0 Å². The molecule has 0 saturated carbocycles. The molecule has 0 radical (unpaired) electrons. The Bertz CT molecular complexity index is 328. The van der Waals surface area contributed by atoms with Crippen molar-refractivity contribution >= 4 is 35.6 Å². The third kappa shape index (κ3) is 2.70. The fourth-order valence-electron chi connectivity index (χ4n) is 1.85. The standard InChI is InChI=1S/C10H11Cl2NO.ClH/c11-6-4-7(12)10(9(14)5-6)8-2-1-3-13-8;/h4-5,8,13-14H,1-3H2;1H/t8-;/m0./s1. The molecule has 2 nitrogen and oxygen atoms in total. The molecule has 5 heteroatoms. The molecule has 0 aliphatic carbocycles. The summed E-state index contributed by atoms with van der Waals surface area (Å²) in [4.78, 5) is 0. The van der Waals surface area contributed by atoms with Gasteiger partial charge >= 0.3 is 0 Å². The van der Waals surface area contributed by atoms with Gasteiger partial charge in [0.1, 0.15) is 5.75 Å². The number of aromatic hydroxyl groups is 1. The molecule has 1 aliphatic heterocycles. The molecule has 84 valence electrons. The second kappa shape index (κ2) is 5.26. The van der Waals surface area contributed by atoms with E-state index in [4.69, 9.17) is 23.2 Å². The molecule has 0 bridgehead atoms. The van der Waals surface area contributed by atoms with E-state index in [2.05, 4.69) is 5.32 Å². The summed E-state index contributed by atoms with van der Waals surface area (Å²) in [6, 6.07) is 3.36. The van der Waals surface area contributed by atoms with Crippen LogP contribution in [0.25, 0.3) is 0 Å². The summed E-state index contributed by atoms with van der Waals surface area (Å²) in [5.41, 5.74) is 0.772. The van der Waals surface area contributed by atoms with Crippen molar-refractivity contribution in [1.29, 1.82) is 0 Å². The van der Waals surface area contributed by atoms with Crippen LogP contribution in [0.2, 0.25) is 10.0 Å². The summed E-state index contributed by atoms with van der Waals surface area (Å²) in [6.45, 7) is 0.975. The van der Waals surface area contributed by atoms with Crippen molar-refractivity contribution in [3.63, 3.8) is 0 Å². The van der Waals surface area contributed by atoms with E-state index >= 15 is 0 Å². The molecule has 1 heterocycles. The molecule has 2 rings (SSSR count). The topological polar surface area (TPSA) is 32.3 Å². The summed E-state index contributed by atoms with van der Waals surface area (Å²) in [5, 5.41) is 14.0. The predicted molar refractivity (Wildman–Crippen MR) is 65.4 cm³/mol. The number of rotatable bonds is 1. The van der Waals surface area contributed by atoms with Crippen LogP contribution in [0.15, 0.2) is 12.1 Å². The van der Waals surface area contributed by atoms with E-state index < -0.39 is 0 Å². The first-order chi connectivity index (χ1) is 6.68. The van der Waals surface area contributed by atoms with E-state index in [1.165, 1.54) is 6.07 Å². The molecule has 2 N–H and O–H groups in total. The van der Waals surface area contributed by atoms with E-state index in [1.807, 2.05) is 0 Å². The third-order valence-electron chi connectivity index (χ3n) is 2.48. The summed E-state index contributed by atoms with van der Waals surface area (Å²) in [5.74, 6) is 0.182. The monoisotopic (exact) mass is 267 g/mol. The van der Waals surface area contributed by atoms with Crippen LogP contribution < -0.4 is 5.32 Å². The van der Waals surface area contributed by atoms with Gasteiger partial charge in [-0.1, -0.05) is 23.2 Å². The molecule has 1 atom stereocenters. The van der Waals surface area contributed by atoms with Gasteiger partial charge in [-0.2, -0.15) is 0 Å². The Morgan fingerprint density at radius 1 is 1.33 bits per heavy atom. The number of halogens is 3. The van der Waals surface area contributed by atoms with Crippen LogP contribution in [0.1, 0.15) is 24.4 Å². The van der Waals surface area contributed by atoms with Gasteiger partial charge in [0, 0.05) is 16.6 Å². The van der Waals surface area contributed by atoms with Crippen molar-refractivity contribution in [1.82, 2.24) is 5.32 Å². The third-order valence-corrected chi connectivity index (χ3v) is 3.01. The second-order valence-corrected chi connectivity index (χ2v) is 4.31. The molecule has 0 unspecified atom stereocenters. The largest absolute Gasteiger partial charge is 0.508 e. The Kier molecular flexibility index (Phi) is 4.53. The lowest BCUT2D eigenvalue weighted by atomic mass is 10.0. The first-order valence-corrected chi connectivity index (χ1v) is 5.35. The molecule has 1 fully saturated rings. The summed E-state index contributed by atoms with van der Waals surface area (Å²) in [6.07, 6.45) is 2.12. The number of nitrogens with one attached hydrogen (secondary N) is 1. The van der Waals surface area contributed by atoms with Crippen molar-refractivity contribution < 1.29 is 5.11 Å². The van der Waals surface area contributed by atoms with Crippen molar-refractivity contribution in [3.8, 4) is 5.75 Å². The number of phenolic OH excluding ortho intramolecular Hbond substituents is 1. The zero-order valence-electron chi connectivity index (χ0n) is 7.96. The zero-order valence-corrected chi connectivity index (χ0v) is 10.3. The van der Waals surface area contributed by atoms with Gasteiger partial charge in [-0.15, -0.1) is 12.4 Å². The summed E-state index contributed by atoms with van der Waals surface area (Å²) >= 11 is 11.8. The molecule has 0 spiro atoms. The fourth-order valence-corrected chi connectivity index (χ4v) is 2.46. The van der Waals surface area contributed by atoms with Crippen LogP contribution in [0.5, 0.6) is 5.75 Å². The van der Waals surface area contributed by atoms with E-state index in [1.54, 1.807) is 6.07 Å². The van der Waals surface area contributed by atoms with Crippen molar-refractivity contribution in [2.24, 2.45) is 0 Å². The Hall–Kier alpha value is -0.150. The predicted octanol–water partition coefficient (Wildman–Crippen LogP) is 3.55. The average Bonchev–Trinajstić information content (AvgIpc) is 2.54. The van der Waals surface area contributed by atoms with Gasteiger partial charge < -0.3 is 10.4 Å². The highest BCUT2D eigenvalue weighted by atomic mass is 35.5. The molecular weight excluding hydrogens is 256 g/mol. The lowest BCUT2D eigenvalue weighted by Gasteiger charge is -2.14. The molecule has 1 saturated heterocycles. The van der Waals surface area contributed by atoms with E-state index in [0.29, 0.717) is 10.0 Å². The van der Waals surface area contributed by atoms with Crippen molar-refractivity contribution in [2.45, 2.75) is 18.9 Å². The minimum atomic E-state index is 0. The van der Waals surface area contributed by atoms with Gasteiger partial charge in [0.2, 0.25) is 0 Å². The minimum Gasteiger partial charge on any atom is -0.508 e. The average molecular weight is 269 g/mol. The molecular formula is C10H12Cl3NO. The van der Waals surface area contributed by atoms with Gasteiger partial charge in [0.05, 0.1) is 5.02 Å². The highest BCUT2D eigenvalue weighted by Crippen LogP contribution is 2.37. The highest BCUT2D eigenvalue weighted by molar-refractivity contribution is 6.35. The zero-order chi connectivity index (χ0) is 10.1. The fraction of sp³-hybridized carbons (Fsp3) is 0.400. The van der Waals surface area contributed by atoms with Gasteiger partial charge in [-0.25, -0.2) is 0 Å². The molecule has 0 amide bonds. The normalized spacial score (nSPS) is 20.0. The summed E-state index contributed by atoms with van der Waals surface area (Å²) < 4.78 is 0. The Labute approximate surface area is 105 Å². The number of hydrogen-bond acceptors (Lipinski definition) is 2. The van der Waals surface area contributed by atoms with E-state index in [0.717, 1.165) is 24.9 Å². The van der Waals surface area contributed by atoms with Crippen LogP contribution in [-0.2, 0) is 0 Å². The summed E-state index contributed by atoms with van der Waals surface area (Å²) in [7, 11) is 0. The molecule has 0 aromatic heterocycles. The van der Waals surface area contributed by atoms with E-state index in [9.17, 15) is 5.11 Å². The number of hydrogen-bond donors (Lipinski definition) is 2. The molecule has 1 aliphatic rings.